The summed E-state index contributed by atoms with van der Waals surface area (Å²) in [6.45, 7) is 7.68. The third-order valence-electron chi connectivity index (χ3n) is 4.28. The fraction of sp³-hybridized carbons (Fsp3) is 0.350. The zero-order valence-electron chi connectivity index (χ0n) is 14.0. The first-order valence-corrected chi connectivity index (χ1v) is 8.15. The summed E-state index contributed by atoms with van der Waals surface area (Å²) in [5, 5.41) is 0. The summed E-state index contributed by atoms with van der Waals surface area (Å²) in [5.74, 6) is 0.0995. The standard InChI is InChI=1S/C20H23NO2/c1-14-12-21(13-15(2)23-14)20-10-8-19(9-11-20)18-6-4-17(5-7-18)16(3)22/h4-11,14-15H,12-13H2,1-3H3/t14-,15?/m0/s1. The third-order valence-corrected chi connectivity index (χ3v) is 4.28. The largest absolute Gasteiger partial charge is 0.372 e. The summed E-state index contributed by atoms with van der Waals surface area (Å²) in [7, 11) is 0. The van der Waals surface area contributed by atoms with Crippen LogP contribution in [0, 0.1) is 0 Å². The number of morpholine rings is 1. The number of benzene rings is 2. The number of hydrogen-bond acceptors (Lipinski definition) is 3. The van der Waals surface area contributed by atoms with Crippen molar-refractivity contribution in [1.29, 1.82) is 0 Å². The molecule has 1 aliphatic heterocycles. The summed E-state index contributed by atoms with van der Waals surface area (Å²) < 4.78 is 5.79. The first-order valence-electron chi connectivity index (χ1n) is 8.15. The molecule has 23 heavy (non-hydrogen) atoms. The average Bonchev–Trinajstić information content (AvgIpc) is 2.54. The lowest BCUT2D eigenvalue weighted by molar-refractivity contribution is -0.00521. The first-order chi connectivity index (χ1) is 11.0. The number of ketones is 1. The Morgan fingerprint density at radius 2 is 1.39 bits per heavy atom. The molecule has 2 atom stereocenters. The van der Waals surface area contributed by atoms with Gasteiger partial charge in [-0.3, -0.25) is 4.79 Å². The van der Waals surface area contributed by atoms with E-state index in [1.165, 1.54) is 11.3 Å². The highest BCUT2D eigenvalue weighted by Gasteiger charge is 2.22. The number of hydrogen-bond donors (Lipinski definition) is 0. The zero-order valence-corrected chi connectivity index (χ0v) is 14.0. The van der Waals surface area contributed by atoms with Gasteiger partial charge in [-0.2, -0.15) is 0 Å². The predicted molar refractivity (Wildman–Crippen MR) is 94.1 cm³/mol. The van der Waals surface area contributed by atoms with Crippen molar-refractivity contribution in [3.05, 3.63) is 54.1 Å². The number of carbonyl (C=O) groups excluding carboxylic acids is 1. The average molecular weight is 309 g/mol. The number of rotatable bonds is 3. The van der Waals surface area contributed by atoms with Crippen LogP contribution in [0.1, 0.15) is 31.1 Å². The lowest BCUT2D eigenvalue weighted by Gasteiger charge is -2.36. The van der Waals surface area contributed by atoms with Gasteiger partial charge in [0.25, 0.3) is 0 Å². The molecule has 0 spiro atoms. The molecule has 1 unspecified atom stereocenters. The highest BCUT2D eigenvalue weighted by molar-refractivity contribution is 5.94. The molecule has 3 heteroatoms. The summed E-state index contributed by atoms with van der Waals surface area (Å²) in [6.07, 6.45) is 0.523. The van der Waals surface area contributed by atoms with Crippen molar-refractivity contribution in [1.82, 2.24) is 0 Å². The van der Waals surface area contributed by atoms with Crippen molar-refractivity contribution in [2.45, 2.75) is 33.0 Å². The van der Waals surface area contributed by atoms with E-state index in [4.69, 9.17) is 4.74 Å². The number of ether oxygens (including phenoxy) is 1. The molecule has 3 rings (SSSR count). The van der Waals surface area contributed by atoms with E-state index >= 15 is 0 Å². The fourth-order valence-corrected chi connectivity index (χ4v) is 3.15. The molecule has 0 bridgehead atoms. The van der Waals surface area contributed by atoms with Crippen LogP contribution in [0.4, 0.5) is 5.69 Å². The summed E-state index contributed by atoms with van der Waals surface area (Å²) >= 11 is 0. The van der Waals surface area contributed by atoms with Crippen LogP contribution in [0.5, 0.6) is 0 Å². The molecular formula is C20H23NO2. The van der Waals surface area contributed by atoms with Gasteiger partial charge in [0.15, 0.2) is 5.78 Å². The highest BCUT2D eigenvalue weighted by atomic mass is 16.5. The molecule has 0 N–H and O–H groups in total. The molecule has 3 nitrogen and oxygen atoms in total. The maximum atomic E-state index is 11.4. The molecule has 0 amide bonds. The van der Waals surface area contributed by atoms with E-state index in [1.807, 2.05) is 24.3 Å². The van der Waals surface area contributed by atoms with Gasteiger partial charge in [0.05, 0.1) is 12.2 Å². The number of anilines is 1. The SMILES string of the molecule is CC(=O)c1ccc(-c2ccc(N3CC(C)O[C@@H](C)C3)cc2)cc1. The van der Waals surface area contributed by atoms with Gasteiger partial charge in [0.1, 0.15) is 0 Å². The van der Waals surface area contributed by atoms with Crippen LogP contribution < -0.4 is 4.90 Å². The van der Waals surface area contributed by atoms with Gasteiger partial charge in [-0.25, -0.2) is 0 Å². The van der Waals surface area contributed by atoms with Gasteiger partial charge in [0, 0.05) is 24.3 Å². The van der Waals surface area contributed by atoms with Crippen LogP contribution >= 0.6 is 0 Å². The van der Waals surface area contributed by atoms with Gasteiger partial charge < -0.3 is 9.64 Å². The Balaban J connectivity index is 1.77. The maximum absolute atomic E-state index is 11.4. The van der Waals surface area contributed by atoms with E-state index in [2.05, 4.69) is 43.0 Å². The minimum Gasteiger partial charge on any atom is -0.372 e. The molecule has 0 aromatic heterocycles. The third kappa shape index (κ3) is 3.62. The predicted octanol–water partition coefficient (Wildman–Crippen LogP) is 4.17. The monoisotopic (exact) mass is 309 g/mol. The smallest absolute Gasteiger partial charge is 0.159 e. The number of Topliss-reactive ketones (excluding diaryl/α,β-unsaturated/α-hetero) is 1. The fourth-order valence-electron chi connectivity index (χ4n) is 3.15. The number of carbonyl (C=O) groups is 1. The van der Waals surface area contributed by atoms with Gasteiger partial charge in [-0.05, 0) is 44.0 Å². The van der Waals surface area contributed by atoms with Crippen molar-refractivity contribution < 1.29 is 9.53 Å². The Hall–Kier alpha value is -2.13. The minimum absolute atomic E-state index is 0.0995. The Morgan fingerprint density at radius 3 is 1.87 bits per heavy atom. The summed E-state index contributed by atoms with van der Waals surface area (Å²) in [6, 6.07) is 16.4. The van der Waals surface area contributed by atoms with Crippen LogP contribution in [0.3, 0.4) is 0 Å². The van der Waals surface area contributed by atoms with Crippen molar-refractivity contribution in [3.8, 4) is 11.1 Å². The Labute approximate surface area is 137 Å². The van der Waals surface area contributed by atoms with Crippen LogP contribution in [-0.4, -0.2) is 31.1 Å². The Morgan fingerprint density at radius 1 is 0.913 bits per heavy atom. The number of nitrogens with zero attached hydrogens (tertiary/aromatic N) is 1. The van der Waals surface area contributed by atoms with Crippen molar-refractivity contribution >= 4 is 11.5 Å². The van der Waals surface area contributed by atoms with Crippen LogP contribution in [0.15, 0.2) is 48.5 Å². The van der Waals surface area contributed by atoms with Gasteiger partial charge >= 0.3 is 0 Å². The molecule has 2 aromatic rings. The Kier molecular flexibility index (Phi) is 4.49. The van der Waals surface area contributed by atoms with E-state index in [1.54, 1.807) is 6.92 Å². The van der Waals surface area contributed by atoms with E-state index in [-0.39, 0.29) is 18.0 Å². The van der Waals surface area contributed by atoms with E-state index < -0.39 is 0 Å². The maximum Gasteiger partial charge on any atom is 0.159 e. The van der Waals surface area contributed by atoms with Crippen LogP contribution in [0.2, 0.25) is 0 Å². The van der Waals surface area contributed by atoms with E-state index in [0.717, 1.165) is 24.2 Å². The second-order valence-corrected chi connectivity index (χ2v) is 6.34. The molecule has 120 valence electrons. The highest BCUT2D eigenvalue weighted by Crippen LogP contribution is 2.25. The molecule has 0 saturated carbocycles. The lowest BCUT2D eigenvalue weighted by Crippen LogP contribution is -2.45. The molecule has 1 fully saturated rings. The van der Waals surface area contributed by atoms with Crippen molar-refractivity contribution in [3.63, 3.8) is 0 Å². The van der Waals surface area contributed by atoms with E-state index in [0.29, 0.717) is 0 Å². The molecule has 1 saturated heterocycles. The quantitative estimate of drug-likeness (QED) is 0.797. The normalized spacial score (nSPS) is 21.3. The van der Waals surface area contributed by atoms with Crippen LogP contribution in [-0.2, 0) is 4.74 Å². The lowest BCUT2D eigenvalue weighted by atomic mass is 10.0. The topological polar surface area (TPSA) is 29.5 Å². The molecule has 0 radical (unpaired) electrons. The van der Waals surface area contributed by atoms with Crippen LogP contribution in [0.25, 0.3) is 11.1 Å². The Bertz CT molecular complexity index is 666. The summed E-state index contributed by atoms with van der Waals surface area (Å²) in [5.41, 5.74) is 4.28. The second kappa shape index (κ2) is 6.55. The molecular weight excluding hydrogens is 286 g/mol. The molecule has 1 aliphatic rings. The van der Waals surface area contributed by atoms with Crippen molar-refractivity contribution in [2.75, 3.05) is 18.0 Å². The second-order valence-electron chi connectivity index (χ2n) is 6.34. The summed E-state index contributed by atoms with van der Waals surface area (Å²) in [4.78, 5) is 13.7. The van der Waals surface area contributed by atoms with Gasteiger partial charge in [0.2, 0.25) is 0 Å². The zero-order chi connectivity index (χ0) is 16.4. The van der Waals surface area contributed by atoms with Gasteiger partial charge in [-0.1, -0.05) is 36.4 Å². The first kappa shape index (κ1) is 15.8. The van der Waals surface area contributed by atoms with Crippen molar-refractivity contribution in [2.24, 2.45) is 0 Å². The molecule has 0 aliphatic carbocycles. The minimum atomic E-state index is 0.0995. The van der Waals surface area contributed by atoms with Gasteiger partial charge in [-0.15, -0.1) is 0 Å². The molecule has 1 heterocycles. The molecule has 2 aromatic carbocycles. The van der Waals surface area contributed by atoms with E-state index in [9.17, 15) is 4.79 Å².